The van der Waals surface area contributed by atoms with Gasteiger partial charge in [0.05, 0.1) is 44.3 Å². The van der Waals surface area contributed by atoms with Gasteiger partial charge < -0.3 is 14.0 Å². The lowest BCUT2D eigenvalue weighted by atomic mass is 9.65. The smallest absolute Gasteiger partial charge is 0.0755 e. The van der Waals surface area contributed by atoms with Crippen LogP contribution in [0.25, 0.3) is 88.0 Å². The summed E-state index contributed by atoms with van der Waals surface area (Å²) in [6, 6.07) is 112. The molecule has 1 unspecified atom stereocenters. The molecule has 18 rings (SSSR count). The van der Waals surface area contributed by atoms with Gasteiger partial charge in [0, 0.05) is 44.2 Å². The van der Waals surface area contributed by atoms with E-state index in [0.29, 0.717) is 0 Å². The van der Waals surface area contributed by atoms with E-state index in [2.05, 4.69) is 311 Å². The van der Waals surface area contributed by atoms with E-state index < -0.39 is 10.8 Å². The van der Waals surface area contributed by atoms with Crippen molar-refractivity contribution in [2.45, 2.75) is 10.8 Å². The minimum Gasteiger partial charge on any atom is -0.310 e. The van der Waals surface area contributed by atoms with Crippen LogP contribution in [0.1, 0.15) is 44.5 Å². The van der Waals surface area contributed by atoms with E-state index in [9.17, 15) is 0 Å². The summed E-state index contributed by atoms with van der Waals surface area (Å²) < 4.78 is 4.96. The summed E-state index contributed by atoms with van der Waals surface area (Å²) in [4.78, 5) is 2.57. The second kappa shape index (κ2) is 16.5. The molecule has 81 heavy (non-hydrogen) atoms. The molecule has 3 heterocycles. The van der Waals surface area contributed by atoms with Crippen LogP contribution >= 0.6 is 0 Å². The fraction of sp³-hybridized carbons (Fsp3) is 0.0256. The first-order valence-corrected chi connectivity index (χ1v) is 28.3. The van der Waals surface area contributed by atoms with E-state index in [-0.39, 0.29) is 0 Å². The summed E-state index contributed by atoms with van der Waals surface area (Å²) in [7, 11) is 0. The zero-order valence-electron chi connectivity index (χ0n) is 44.1. The number of hydrogen-bond acceptors (Lipinski definition) is 1. The number of benzene rings is 13. The number of hydrogen-bond donors (Lipinski definition) is 0. The third-order valence-corrected chi connectivity index (χ3v) is 18.6. The first-order chi connectivity index (χ1) is 40.2. The average Bonchev–Trinajstić information content (AvgIpc) is 2.14. The monoisotopic (exact) mass is 1030 g/mol. The van der Waals surface area contributed by atoms with Gasteiger partial charge in [0.25, 0.3) is 0 Å². The molecule has 0 saturated heterocycles. The highest BCUT2D eigenvalue weighted by atomic mass is 15.1. The Hall–Kier alpha value is -10.5. The zero-order valence-corrected chi connectivity index (χ0v) is 44.1. The fourth-order valence-electron chi connectivity index (χ4n) is 15.5. The van der Waals surface area contributed by atoms with Crippen molar-refractivity contribution in [1.82, 2.24) is 9.13 Å². The van der Waals surface area contributed by atoms with Crippen molar-refractivity contribution in [1.29, 1.82) is 0 Å². The van der Waals surface area contributed by atoms with Gasteiger partial charge in [0.1, 0.15) is 0 Å². The van der Waals surface area contributed by atoms with Gasteiger partial charge >= 0.3 is 0 Å². The summed E-state index contributed by atoms with van der Waals surface area (Å²) in [6.45, 7) is 0. The molecule has 0 saturated carbocycles. The number of para-hydroxylation sites is 5. The molecule has 2 aromatic heterocycles. The van der Waals surface area contributed by atoms with E-state index in [4.69, 9.17) is 0 Å². The van der Waals surface area contributed by atoms with Crippen LogP contribution in [0.2, 0.25) is 0 Å². The van der Waals surface area contributed by atoms with Crippen LogP contribution in [0.3, 0.4) is 0 Å². The Morgan fingerprint density at radius 3 is 1.53 bits per heavy atom. The molecular formula is C78H49N3. The number of fused-ring (bicyclic) bond motifs is 20. The summed E-state index contributed by atoms with van der Waals surface area (Å²) in [5.74, 6) is 0. The SMILES string of the molecule is c1ccc(C2(c3ccccc3)c3cc(N(c4ccc(-n5c6ccccc6c6ccccc65)cc4)c4cccc5c4-c4ccccc4C54c5ccccc5-n5c6ccccc6c6cccc4c65)ccc3-c3c2ccc2ccccc32)cc1. The Bertz CT molecular complexity index is 5030. The quantitative estimate of drug-likeness (QED) is 0.162. The summed E-state index contributed by atoms with van der Waals surface area (Å²) in [6.07, 6.45) is 0. The maximum atomic E-state index is 2.57. The van der Waals surface area contributed by atoms with Crippen LogP contribution in [0, 0.1) is 0 Å². The van der Waals surface area contributed by atoms with Gasteiger partial charge in [-0.25, -0.2) is 0 Å². The minimum absolute atomic E-state index is 0.620. The van der Waals surface area contributed by atoms with E-state index in [1.165, 1.54) is 127 Å². The maximum absolute atomic E-state index is 2.57. The zero-order chi connectivity index (χ0) is 53.0. The number of rotatable bonds is 6. The molecule has 0 bridgehead atoms. The lowest BCUT2D eigenvalue weighted by Gasteiger charge is -2.39. The topological polar surface area (TPSA) is 13.1 Å². The van der Waals surface area contributed by atoms with Crippen LogP contribution in [0.4, 0.5) is 17.1 Å². The largest absolute Gasteiger partial charge is 0.310 e. The molecule has 15 aromatic rings. The molecule has 0 N–H and O–H groups in total. The molecule has 376 valence electrons. The minimum atomic E-state index is -0.627. The first kappa shape index (κ1) is 44.5. The van der Waals surface area contributed by atoms with Gasteiger partial charge in [0.15, 0.2) is 0 Å². The van der Waals surface area contributed by atoms with E-state index >= 15 is 0 Å². The Kier molecular flexibility index (Phi) is 9.08. The Morgan fingerprint density at radius 2 is 0.802 bits per heavy atom. The van der Waals surface area contributed by atoms with E-state index in [0.717, 1.165) is 22.7 Å². The van der Waals surface area contributed by atoms with Crippen LogP contribution < -0.4 is 4.90 Å². The molecule has 0 radical (unpaired) electrons. The van der Waals surface area contributed by atoms with Crippen molar-refractivity contribution in [2.24, 2.45) is 0 Å². The number of aromatic nitrogens is 2. The standard InChI is InChI=1S/C78H49N3/c1-3-22-51(23-4-1)77(52-24-5-2-6-25-52)66-48-41-50-21-7-8-26-56(50)74(66)62-47-46-55(49-68(62)77)79(53-42-44-54(45-43-53)80-69-36-15-10-27-57(69)58-28-11-16-37-70(58)80)73-40-20-34-65-75(73)61-30-9-13-32-63(61)78(65)64-33-14-18-39-72(64)81-71-38-17-12-29-59(71)60-31-19-35-67(78)76(60)81/h1-49H. The van der Waals surface area contributed by atoms with Crippen molar-refractivity contribution in [3.8, 4) is 33.6 Å². The molecule has 1 atom stereocenters. The Labute approximate surface area is 469 Å². The van der Waals surface area contributed by atoms with Crippen molar-refractivity contribution in [2.75, 3.05) is 4.90 Å². The van der Waals surface area contributed by atoms with Gasteiger partial charge in [-0.2, -0.15) is 0 Å². The molecule has 2 aliphatic carbocycles. The van der Waals surface area contributed by atoms with Crippen molar-refractivity contribution < 1.29 is 0 Å². The van der Waals surface area contributed by atoms with Crippen LogP contribution in [-0.2, 0) is 10.8 Å². The molecule has 0 amide bonds. The predicted octanol–water partition coefficient (Wildman–Crippen LogP) is 19.5. The summed E-state index contributed by atoms with van der Waals surface area (Å²) in [5.41, 5.74) is 24.5. The third-order valence-electron chi connectivity index (χ3n) is 18.6. The normalized spacial score (nSPS) is 15.1. The highest BCUT2D eigenvalue weighted by Crippen LogP contribution is 2.64. The van der Waals surface area contributed by atoms with Crippen LogP contribution in [0.5, 0.6) is 0 Å². The fourth-order valence-corrected chi connectivity index (χ4v) is 15.5. The molecule has 3 heteroatoms. The molecular weight excluding hydrogens is 979 g/mol. The van der Waals surface area contributed by atoms with E-state index in [1.54, 1.807) is 0 Å². The van der Waals surface area contributed by atoms with Crippen molar-refractivity contribution in [3.05, 3.63) is 342 Å². The van der Waals surface area contributed by atoms with Crippen LogP contribution in [0.15, 0.2) is 297 Å². The summed E-state index contributed by atoms with van der Waals surface area (Å²) in [5, 5.41) is 7.54. The lowest BCUT2D eigenvalue weighted by Crippen LogP contribution is -2.33. The summed E-state index contributed by atoms with van der Waals surface area (Å²) >= 11 is 0. The van der Waals surface area contributed by atoms with Gasteiger partial charge in [0.2, 0.25) is 0 Å². The maximum Gasteiger partial charge on any atom is 0.0755 e. The molecule has 1 aliphatic heterocycles. The van der Waals surface area contributed by atoms with Gasteiger partial charge in [-0.3, -0.25) is 0 Å². The second-order valence-corrected chi connectivity index (χ2v) is 22.2. The van der Waals surface area contributed by atoms with Gasteiger partial charge in [-0.05, 0) is 139 Å². The highest BCUT2D eigenvalue weighted by molar-refractivity contribution is 6.14. The molecule has 3 aliphatic rings. The molecule has 3 nitrogen and oxygen atoms in total. The number of nitrogens with zero attached hydrogens (tertiary/aromatic N) is 3. The predicted molar refractivity (Wildman–Crippen MR) is 335 cm³/mol. The Balaban J connectivity index is 0.939. The third kappa shape index (κ3) is 5.71. The Morgan fingerprint density at radius 1 is 0.284 bits per heavy atom. The van der Waals surface area contributed by atoms with Crippen LogP contribution in [-0.4, -0.2) is 9.13 Å². The molecule has 1 spiro atoms. The van der Waals surface area contributed by atoms with E-state index in [1.807, 2.05) is 0 Å². The lowest BCUT2D eigenvalue weighted by molar-refractivity contribution is 0.748. The second-order valence-electron chi connectivity index (χ2n) is 22.2. The van der Waals surface area contributed by atoms with Crippen molar-refractivity contribution in [3.63, 3.8) is 0 Å². The molecule has 0 fully saturated rings. The molecule has 13 aromatic carbocycles. The highest BCUT2D eigenvalue weighted by Gasteiger charge is 2.52. The first-order valence-electron chi connectivity index (χ1n) is 28.3. The average molecular weight is 1030 g/mol. The number of anilines is 3. The van der Waals surface area contributed by atoms with Crippen molar-refractivity contribution >= 4 is 71.4 Å². The van der Waals surface area contributed by atoms with Gasteiger partial charge in [-0.15, -0.1) is 0 Å². The van der Waals surface area contributed by atoms with Gasteiger partial charge in [-0.1, -0.05) is 231 Å².